The van der Waals surface area contributed by atoms with Crippen molar-refractivity contribution in [1.82, 2.24) is 0 Å². The van der Waals surface area contributed by atoms with E-state index >= 15 is 0 Å². The minimum Gasteiger partial charge on any atom is -0.393 e. The van der Waals surface area contributed by atoms with Crippen molar-refractivity contribution in [3.8, 4) is 0 Å². The standard InChI is InChI=1S/C24H36O3/c25-23-20-16-11-9-7-5-3-1-2-4-6-8-10-15-19-22(24(26)27-23)21-17-13-12-14-18-21/h12-14,17-18,22H,1-11,15-16,19-20H2. The minimum absolute atomic E-state index is 0.322. The van der Waals surface area contributed by atoms with Gasteiger partial charge < -0.3 is 4.74 Å². The van der Waals surface area contributed by atoms with Gasteiger partial charge in [0.25, 0.3) is 0 Å². The Balaban J connectivity index is 1.92. The van der Waals surface area contributed by atoms with Gasteiger partial charge in [-0.15, -0.1) is 0 Å². The summed E-state index contributed by atoms with van der Waals surface area (Å²) in [5.74, 6) is -1.06. The van der Waals surface area contributed by atoms with Gasteiger partial charge in [0.2, 0.25) is 0 Å². The summed E-state index contributed by atoms with van der Waals surface area (Å²) in [5.41, 5.74) is 0.959. The number of rotatable bonds is 1. The number of cyclic esters (lactones) is 2. The van der Waals surface area contributed by atoms with Crippen molar-refractivity contribution in [3.63, 3.8) is 0 Å². The fourth-order valence-electron chi connectivity index (χ4n) is 3.90. The van der Waals surface area contributed by atoms with E-state index in [2.05, 4.69) is 0 Å². The molecule has 0 bridgehead atoms. The first-order valence-electron chi connectivity index (χ1n) is 11.1. The van der Waals surface area contributed by atoms with Crippen LogP contribution in [0.15, 0.2) is 30.3 Å². The molecule has 1 saturated heterocycles. The van der Waals surface area contributed by atoms with Crippen LogP contribution in [0, 0.1) is 0 Å². The van der Waals surface area contributed by atoms with Crippen LogP contribution in [0.1, 0.15) is 108 Å². The van der Waals surface area contributed by atoms with Gasteiger partial charge in [-0.05, 0) is 18.4 Å². The van der Waals surface area contributed by atoms with E-state index in [9.17, 15) is 9.59 Å². The van der Waals surface area contributed by atoms with Crippen molar-refractivity contribution in [2.45, 2.75) is 102 Å². The number of benzene rings is 1. The maximum absolute atomic E-state index is 12.6. The molecular weight excluding hydrogens is 336 g/mol. The molecule has 2 rings (SSSR count). The molecule has 0 N–H and O–H groups in total. The van der Waals surface area contributed by atoms with Crippen LogP contribution in [0.3, 0.4) is 0 Å². The van der Waals surface area contributed by atoms with Gasteiger partial charge >= 0.3 is 11.9 Å². The third-order valence-corrected chi connectivity index (χ3v) is 5.57. The highest BCUT2D eigenvalue weighted by atomic mass is 16.6. The highest BCUT2D eigenvalue weighted by Gasteiger charge is 2.24. The number of ether oxygens (including phenoxy) is 1. The van der Waals surface area contributed by atoms with Gasteiger partial charge in [0.05, 0.1) is 5.92 Å². The van der Waals surface area contributed by atoms with E-state index in [0.29, 0.717) is 6.42 Å². The monoisotopic (exact) mass is 372 g/mol. The van der Waals surface area contributed by atoms with Crippen molar-refractivity contribution in [2.75, 3.05) is 0 Å². The Bertz CT molecular complexity index is 538. The predicted molar refractivity (Wildman–Crippen MR) is 110 cm³/mol. The quantitative estimate of drug-likeness (QED) is 0.406. The zero-order valence-corrected chi connectivity index (χ0v) is 16.8. The Labute approximate surface area is 164 Å². The first-order chi connectivity index (χ1) is 13.3. The van der Waals surface area contributed by atoms with E-state index in [-0.39, 0.29) is 17.9 Å². The molecule has 1 fully saturated rings. The molecule has 3 nitrogen and oxygen atoms in total. The lowest BCUT2D eigenvalue weighted by Gasteiger charge is -2.15. The second-order valence-electron chi connectivity index (χ2n) is 7.89. The van der Waals surface area contributed by atoms with Crippen LogP contribution < -0.4 is 0 Å². The zero-order valence-electron chi connectivity index (χ0n) is 16.8. The molecule has 1 unspecified atom stereocenters. The molecule has 1 atom stereocenters. The highest BCUT2D eigenvalue weighted by molar-refractivity contribution is 5.89. The molecule has 0 aromatic heterocycles. The third kappa shape index (κ3) is 9.21. The summed E-state index contributed by atoms with van der Waals surface area (Å²) in [6.45, 7) is 0. The Morgan fingerprint density at radius 3 is 1.67 bits per heavy atom. The summed E-state index contributed by atoms with van der Waals surface area (Å²) in [7, 11) is 0. The Kier molecular flexibility index (Phi) is 10.8. The van der Waals surface area contributed by atoms with Gasteiger partial charge in [0, 0.05) is 6.42 Å². The fourth-order valence-corrected chi connectivity index (χ4v) is 3.90. The molecule has 1 aromatic carbocycles. The predicted octanol–water partition coefficient (Wildman–Crippen LogP) is 6.71. The van der Waals surface area contributed by atoms with E-state index in [1.807, 2.05) is 30.3 Å². The first-order valence-corrected chi connectivity index (χ1v) is 11.1. The largest absolute Gasteiger partial charge is 0.393 e. The smallest absolute Gasteiger partial charge is 0.321 e. The van der Waals surface area contributed by atoms with Gasteiger partial charge in [0.15, 0.2) is 0 Å². The van der Waals surface area contributed by atoms with Crippen molar-refractivity contribution >= 4 is 11.9 Å². The van der Waals surface area contributed by atoms with Gasteiger partial charge in [-0.3, -0.25) is 9.59 Å². The topological polar surface area (TPSA) is 43.4 Å². The van der Waals surface area contributed by atoms with Crippen LogP contribution in [0.2, 0.25) is 0 Å². The second kappa shape index (κ2) is 13.5. The molecule has 3 heteroatoms. The van der Waals surface area contributed by atoms with Crippen LogP contribution in [-0.2, 0) is 14.3 Å². The van der Waals surface area contributed by atoms with Gasteiger partial charge in [-0.1, -0.05) is 107 Å². The van der Waals surface area contributed by atoms with E-state index in [0.717, 1.165) is 37.7 Å². The lowest BCUT2D eigenvalue weighted by molar-refractivity contribution is -0.161. The van der Waals surface area contributed by atoms with E-state index < -0.39 is 0 Å². The molecule has 1 heterocycles. The van der Waals surface area contributed by atoms with Gasteiger partial charge in [-0.2, -0.15) is 0 Å². The van der Waals surface area contributed by atoms with E-state index in [1.54, 1.807) is 0 Å². The van der Waals surface area contributed by atoms with Crippen LogP contribution in [-0.4, -0.2) is 11.9 Å². The number of esters is 2. The molecule has 0 spiro atoms. The first kappa shape index (κ1) is 21.7. The second-order valence-corrected chi connectivity index (χ2v) is 7.89. The van der Waals surface area contributed by atoms with Crippen LogP contribution in [0.5, 0.6) is 0 Å². The molecule has 150 valence electrons. The summed E-state index contributed by atoms with van der Waals surface area (Å²) in [6.07, 6.45) is 16.8. The summed E-state index contributed by atoms with van der Waals surface area (Å²) in [5, 5.41) is 0. The molecule has 0 amide bonds. The molecule has 27 heavy (non-hydrogen) atoms. The third-order valence-electron chi connectivity index (χ3n) is 5.57. The average molecular weight is 373 g/mol. The highest BCUT2D eigenvalue weighted by Crippen LogP contribution is 2.25. The molecule has 0 saturated carbocycles. The zero-order chi connectivity index (χ0) is 19.2. The minimum atomic E-state index is -0.371. The van der Waals surface area contributed by atoms with Gasteiger partial charge in [0.1, 0.15) is 0 Å². The van der Waals surface area contributed by atoms with Crippen LogP contribution in [0.4, 0.5) is 0 Å². The van der Waals surface area contributed by atoms with Crippen molar-refractivity contribution in [1.29, 1.82) is 0 Å². The Morgan fingerprint density at radius 1 is 0.630 bits per heavy atom. The summed E-state index contributed by atoms with van der Waals surface area (Å²) >= 11 is 0. The molecular formula is C24H36O3. The van der Waals surface area contributed by atoms with Crippen molar-refractivity contribution < 1.29 is 14.3 Å². The molecule has 1 aliphatic heterocycles. The summed E-state index contributed by atoms with van der Waals surface area (Å²) < 4.78 is 5.21. The van der Waals surface area contributed by atoms with Crippen LogP contribution in [0.25, 0.3) is 0 Å². The summed E-state index contributed by atoms with van der Waals surface area (Å²) in [4.78, 5) is 24.7. The average Bonchev–Trinajstić information content (AvgIpc) is 2.67. The molecule has 1 aliphatic rings. The number of carbonyl (C=O) groups is 2. The lowest BCUT2D eigenvalue weighted by atomic mass is 9.93. The Hall–Kier alpha value is -1.64. The SMILES string of the molecule is O=C1CCCCCCCCCCCCCCCC(c2ccccc2)C(=O)O1. The van der Waals surface area contributed by atoms with E-state index in [4.69, 9.17) is 4.74 Å². The maximum Gasteiger partial charge on any atom is 0.321 e. The number of hydrogen-bond donors (Lipinski definition) is 0. The van der Waals surface area contributed by atoms with Crippen molar-refractivity contribution in [3.05, 3.63) is 35.9 Å². The number of hydrogen-bond acceptors (Lipinski definition) is 3. The maximum atomic E-state index is 12.6. The van der Waals surface area contributed by atoms with Crippen LogP contribution >= 0.6 is 0 Å². The van der Waals surface area contributed by atoms with E-state index in [1.165, 1.54) is 57.8 Å². The normalized spacial score (nSPS) is 22.9. The summed E-state index contributed by atoms with van der Waals surface area (Å²) in [6, 6.07) is 9.76. The molecule has 0 radical (unpaired) electrons. The van der Waals surface area contributed by atoms with Gasteiger partial charge in [-0.25, -0.2) is 0 Å². The fraction of sp³-hybridized carbons (Fsp3) is 0.667. The van der Waals surface area contributed by atoms with Crippen molar-refractivity contribution in [2.24, 2.45) is 0 Å². The Morgan fingerprint density at radius 2 is 1.11 bits per heavy atom. The number of carbonyl (C=O) groups excluding carboxylic acids is 2. The molecule has 0 aliphatic carbocycles. The molecule has 1 aromatic rings. The lowest BCUT2D eigenvalue weighted by Crippen LogP contribution is -2.20.